The van der Waals surface area contributed by atoms with Crippen molar-refractivity contribution in [3.8, 4) is 0 Å². The minimum atomic E-state index is -4.50. The molecule has 0 saturated carbocycles. The number of rotatable bonds is 8. The molecule has 3 rings (SSSR count). The first kappa shape index (κ1) is 27.4. The van der Waals surface area contributed by atoms with Gasteiger partial charge in [0.1, 0.15) is 5.60 Å². The highest BCUT2D eigenvalue weighted by Crippen LogP contribution is 2.37. The van der Waals surface area contributed by atoms with E-state index in [2.05, 4.69) is 0 Å². The van der Waals surface area contributed by atoms with Crippen LogP contribution in [0.4, 0.5) is 13.2 Å². The Bertz CT molecular complexity index is 1110. The summed E-state index contributed by atoms with van der Waals surface area (Å²) in [6.07, 6.45) is -6.14. The van der Waals surface area contributed by atoms with Gasteiger partial charge in [0.25, 0.3) is 0 Å². The van der Waals surface area contributed by atoms with Crippen LogP contribution < -0.4 is 0 Å². The zero-order valence-electron chi connectivity index (χ0n) is 20.9. The summed E-state index contributed by atoms with van der Waals surface area (Å²) in [5.41, 5.74) is 0.579. The summed E-state index contributed by atoms with van der Waals surface area (Å²) < 4.78 is 45.2. The van der Waals surface area contributed by atoms with Crippen LogP contribution in [0.3, 0.4) is 0 Å². The summed E-state index contributed by atoms with van der Waals surface area (Å²) in [4.78, 5) is 15.0. The van der Waals surface area contributed by atoms with Gasteiger partial charge in [0.05, 0.1) is 11.6 Å². The molecule has 0 aliphatic carbocycles. The molecule has 0 aromatic heterocycles. The van der Waals surface area contributed by atoms with E-state index in [1.807, 2.05) is 72.5 Å². The van der Waals surface area contributed by atoms with E-state index in [1.165, 1.54) is 12.1 Å². The zero-order valence-corrected chi connectivity index (χ0v) is 20.9. The van der Waals surface area contributed by atoms with Crippen molar-refractivity contribution in [1.82, 2.24) is 4.90 Å². The van der Waals surface area contributed by atoms with Crippen molar-refractivity contribution in [1.29, 1.82) is 0 Å². The van der Waals surface area contributed by atoms with Gasteiger partial charge in [-0.15, -0.1) is 0 Å². The van der Waals surface area contributed by atoms with Gasteiger partial charge < -0.3 is 9.84 Å². The molecular formula is C29H32F3NO3. The lowest BCUT2D eigenvalue weighted by molar-refractivity contribution is -0.170. The van der Waals surface area contributed by atoms with Crippen molar-refractivity contribution < 1.29 is 27.8 Å². The summed E-state index contributed by atoms with van der Waals surface area (Å²) in [6.45, 7) is 7.36. The highest BCUT2D eigenvalue weighted by molar-refractivity contribution is 5.76. The SMILES string of the molecule is C[C@H](c1ccccc1)N(Cc1ccccc1)[C@H](c1ccc(C(F)(F)F)cc1)[C@@H](O)C(=O)OC(C)(C)C. The van der Waals surface area contributed by atoms with Crippen LogP contribution in [0.5, 0.6) is 0 Å². The summed E-state index contributed by atoms with van der Waals surface area (Å²) >= 11 is 0. The Morgan fingerprint density at radius 3 is 1.89 bits per heavy atom. The molecule has 192 valence electrons. The summed E-state index contributed by atoms with van der Waals surface area (Å²) in [5, 5.41) is 11.3. The molecule has 0 aliphatic heterocycles. The number of halogens is 3. The van der Waals surface area contributed by atoms with Crippen LogP contribution >= 0.6 is 0 Å². The number of hydrogen-bond donors (Lipinski definition) is 1. The van der Waals surface area contributed by atoms with Crippen LogP contribution in [-0.2, 0) is 22.3 Å². The topological polar surface area (TPSA) is 49.8 Å². The monoisotopic (exact) mass is 499 g/mol. The molecule has 1 N–H and O–H groups in total. The van der Waals surface area contributed by atoms with Gasteiger partial charge in [-0.1, -0.05) is 72.8 Å². The molecule has 36 heavy (non-hydrogen) atoms. The molecular weight excluding hydrogens is 467 g/mol. The summed E-state index contributed by atoms with van der Waals surface area (Å²) in [7, 11) is 0. The van der Waals surface area contributed by atoms with Crippen LogP contribution in [0.15, 0.2) is 84.9 Å². The molecule has 0 fully saturated rings. The van der Waals surface area contributed by atoms with Crippen LogP contribution in [-0.4, -0.2) is 27.7 Å². The lowest BCUT2D eigenvalue weighted by Gasteiger charge is -2.39. The van der Waals surface area contributed by atoms with Crippen LogP contribution in [0.2, 0.25) is 0 Å². The third-order valence-electron chi connectivity index (χ3n) is 5.87. The largest absolute Gasteiger partial charge is 0.458 e. The molecule has 0 aliphatic rings. The Balaban J connectivity index is 2.12. The first-order valence-corrected chi connectivity index (χ1v) is 11.8. The molecule has 0 heterocycles. The van der Waals surface area contributed by atoms with Gasteiger partial charge in [0, 0.05) is 12.6 Å². The van der Waals surface area contributed by atoms with Gasteiger partial charge in [-0.3, -0.25) is 4.90 Å². The Hall–Kier alpha value is -3.16. The van der Waals surface area contributed by atoms with Gasteiger partial charge in [-0.05, 0) is 56.5 Å². The molecule has 4 nitrogen and oxygen atoms in total. The number of aliphatic hydroxyl groups is 1. The zero-order chi connectivity index (χ0) is 26.5. The fraction of sp³-hybridized carbons (Fsp3) is 0.345. The number of esters is 1. The maximum absolute atomic E-state index is 13.3. The Morgan fingerprint density at radius 2 is 1.39 bits per heavy atom. The molecule has 3 aromatic carbocycles. The maximum Gasteiger partial charge on any atom is 0.416 e. The lowest BCUT2D eigenvalue weighted by atomic mass is 9.94. The minimum absolute atomic E-state index is 0.296. The molecule has 0 bridgehead atoms. The number of hydrogen-bond acceptors (Lipinski definition) is 4. The maximum atomic E-state index is 13.3. The van der Waals surface area contributed by atoms with Crippen LogP contribution in [0.1, 0.15) is 62.0 Å². The third-order valence-corrected chi connectivity index (χ3v) is 5.87. The molecule has 0 unspecified atom stereocenters. The van der Waals surface area contributed by atoms with Gasteiger partial charge in [0.15, 0.2) is 6.10 Å². The van der Waals surface area contributed by atoms with E-state index >= 15 is 0 Å². The fourth-order valence-corrected chi connectivity index (χ4v) is 4.11. The van der Waals surface area contributed by atoms with Crippen molar-refractivity contribution in [2.24, 2.45) is 0 Å². The Kier molecular flexibility index (Phi) is 8.59. The molecule has 3 aromatic rings. The number of carbonyl (C=O) groups is 1. The third kappa shape index (κ3) is 7.18. The van der Waals surface area contributed by atoms with E-state index in [0.717, 1.165) is 23.3 Å². The molecule has 3 atom stereocenters. The molecule has 0 spiro atoms. The number of alkyl halides is 3. The second-order valence-corrected chi connectivity index (χ2v) is 9.79. The van der Waals surface area contributed by atoms with Crippen LogP contribution in [0.25, 0.3) is 0 Å². The molecule has 0 saturated heterocycles. The van der Waals surface area contributed by atoms with Gasteiger partial charge in [0.2, 0.25) is 0 Å². The number of ether oxygens (including phenoxy) is 1. The minimum Gasteiger partial charge on any atom is -0.458 e. The highest BCUT2D eigenvalue weighted by Gasteiger charge is 2.38. The average Bonchev–Trinajstić information content (AvgIpc) is 2.83. The normalized spacial score (nSPS) is 14.8. The Morgan fingerprint density at radius 1 is 0.861 bits per heavy atom. The van der Waals surface area contributed by atoms with E-state index in [4.69, 9.17) is 4.74 Å². The quantitative estimate of drug-likeness (QED) is 0.350. The van der Waals surface area contributed by atoms with Crippen molar-refractivity contribution in [3.63, 3.8) is 0 Å². The van der Waals surface area contributed by atoms with E-state index in [9.17, 15) is 23.1 Å². The second kappa shape index (κ2) is 11.3. The van der Waals surface area contributed by atoms with Gasteiger partial charge in [-0.25, -0.2) is 4.79 Å². The van der Waals surface area contributed by atoms with E-state index in [-0.39, 0.29) is 6.04 Å². The number of aliphatic hydroxyl groups excluding tert-OH is 1. The van der Waals surface area contributed by atoms with Crippen molar-refractivity contribution in [3.05, 3.63) is 107 Å². The molecule has 0 amide bonds. The lowest BCUT2D eigenvalue weighted by Crippen LogP contribution is -2.44. The standard InChI is InChI=1S/C29H32F3NO3/c1-20(22-13-9-6-10-14-22)33(19-21-11-7-5-8-12-21)25(26(34)27(35)36-28(2,3)4)23-15-17-24(18-16-23)29(30,31)32/h5-18,20,25-26,34H,19H2,1-4H3/t20-,25-,26-/m1/s1. The first-order valence-electron chi connectivity index (χ1n) is 11.8. The van der Waals surface area contributed by atoms with E-state index in [1.54, 1.807) is 20.8 Å². The fourth-order valence-electron chi connectivity index (χ4n) is 4.11. The highest BCUT2D eigenvalue weighted by atomic mass is 19.4. The predicted octanol–water partition coefficient (Wildman–Crippen LogP) is 6.71. The van der Waals surface area contributed by atoms with Gasteiger partial charge >= 0.3 is 12.1 Å². The molecule has 7 heteroatoms. The second-order valence-electron chi connectivity index (χ2n) is 9.79. The molecule has 0 radical (unpaired) electrons. The van der Waals surface area contributed by atoms with Gasteiger partial charge in [-0.2, -0.15) is 13.2 Å². The van der Waals surface area contributed by atoms with Crippen molar-refractivity contribution in [2.45, 2.75) is 64.2 Å². The first-order chi connectivity index (χ1) is 16.9. The number of carbonyl (C=O) groups excluding carboxylic acids is 1. The van der Waals surface area contributed by atoms with Crippen molar-refractivity contribution >= 4 is 5.97 Å². The summed E-state index contributed by atoms with van der Waals surface area (Å²) in [5.74, 6) is -0.842. The van der Waals surface area contributed by atoms with Crippen LogP contribution in [0, 0.1) is 0 Å². The Labute approximate surface area is 210 Å². The predicted molar refractivity (Wildman–Crippen MR) is 133 cm³/mol. The van der Waals surface area contributed by atoms with Crippen molar-refractivity contribution in [2.75, 3.05) is 0 Å². The van der Waals surface area contributed by atoms with E-state index in [0.29, 0.717) is 12.1 Å². The van der Waals surface area contributed by atoms with E-state index < -0.39 is 35.5 Å². The summed E-state index contributed by atoms with van der Waals surface area (Å²) in [6, 6.07) is 22.4. The smallest absolute Gasteiger partial charge is 0.416 e. The average molecular weight is 500 g/mol. The number of nitrogens with zero attached hydrogens (tertiary/aromatic N) is 1. The number of benzene rings is 3.